The third kappa shape index (κ3) is 2.18. The first-order chi connectivity index (χ1) is 7.70. The fourth-order valence-corrected chi connectivity index (χ4v) is 1.88. The molecule has 0 radical (unpaired) electrons. The predicted octanol–water partition coefficient (Wildman–Crippen LogP) is 3.11. The largest absolute Gasteiger partial charge is 0.415 e. The topological polar surface area (TPSA) is 29.5 Å². The molecule has 0 aromatic heterocycles. The van der Waals surface area contributed by atoms with Crippen LogP contribution >= 0.6 is 0 Å². The van der Waals surface area contributed by atoms with Crippen LogP contribution in [0.5, 0.6) is 5.75 Å². The van der Waals surface area contributed by atoms with E-state index >= 15 is 0 Å². The summed E-state index contributed by atoms with van der Waals surface area (Å²) in [5, 5.41) is 0. The second kappa shape index (κ2) is 4.56. The van der Waals surface area contributed by atoms with Crippen LogP contribution in [0.15, 0.2) is 18.2 Å². The maximum absolute atomic E-state index is 11.7. The van der Waals surface area contributed by atoms with E-state index in [9.17, 15) is 4.79 Å². The van der Waals surface area contributed by atoms with Crippen LogP contribution in [0.1, 0.15) is 30.9 Å². The molecular weight excluding hydrogens is 202 g/mol. The predicted molar refractivity (Wildman–Crippen MR) is 62.5 cm³/mol. The van der Waals surface area contributed by atoms with Gasteiger partial charge in [0.1, 0.15) is 5.75 Å². The summed E-state index contributed by atoms with van der Waals surface area (Å²) in [6.07, 6.45) is 1.89. The van der Waals surface area contributed by atoms with Crippen LogP contribution < -0.4 is 4.74 Å². The number of unbranched alkanes of at least 4 members (excludes halogenated alkanes) is 1. The SMILES string of the molecule is CCCCN1Cc2cc(C)ccc2OC1=O. The molecule has 0 atom stereocenters. The van der Waals surface area contributed by atoms with E-state index in [1.807, 2.05) is 19.1 Å². The maximum Gasteiger partial charge on any atom is 0.415 e. The number of carbonyl (C=O) groups excluding carboxylic acids is 1. The summed E-state index contributed by atoms with van der Waals surface area (Å²) in [5.41, 5.74) is 2.31. The number of hydrogen-bond acceptors (Lipinski definition) is 2. The van der Waals surface area contributed by atoms with Gasteiger partial charge in [0, 0.05) is 12.1 Å². The minimum absolute atomic E-state index is 0.218. The maximum atomic E-state index is 11.7. The highest BCUT2D eigenvalue weighted by Gasteiger charge is 2.23. The number of rotatable bonds is 3. The molecule has 1 heterocycles. The lowest BCUT2D eigenvalue weighted by Crippen LogP contribution is -2.37. The molecule has 3 nitrogen and oxygen atoms in total. The Bertz CT molecular complexity index is 401. The Morgan fingerprint density at radius 1 is 1.44 bits per heavy atom. The van der Waals surface area contributed by atoms with Gasteiger partial charge in [-0.15, -0.1) is 0 Å². The second-order valence-corrected chi connectivity index (χ2v) is 4.25. The van der Waals surface area contributed by atoms with Crippen molar-refractivity contribution >= 4 is 6.09 Å². The molecule has 2 rings (SSSR count). The Morgan fingerprint density at radius 3 is 3.00 bits per heavy atom. The summed E-state index contributed by atoms with van der Waals surface area (Å²) in [6.45, 7) is 5.62. The van der Waals surface area contributed by atoms with Crippen molar-refractivity contribution in [2.75, 3.05) is 6.54 Å². The lowest BCUT2D eigenvalue weighted by atomic mass is 10.1. The molecule has 0 fully saturated rings. The fraction of sp³-hybridized carbons (Fsp3) is 0.462. The van der Waals surface area contributed by atoms with Gasteiger partial charge in [-0.25, -0.2) is 4.79 Å². The molecule has 16 heavy (non-hydrogen) atoms. The third-order valence-electron chi connectivity index (χ3n) is 2.81. The standard InChI is InChI=1S/C13H17NO2/c1-3-4-7-14-9-11-8-10(2)5-6-12(11)16-13(14)15/h5-6,8H,3-4,7,9H2,1-2H3. The highest BCUT2D eigenvalue weighted by atomic mass is 16.6. The number of fused-ring (bicyclic) bond motifs is 1. The van der Waals surface area contributed by atoms with E-state index in [2.05, 4.69) is 13.0 Å². The summed E-state index contributed by atoms with van der Waals surface area (Å²) in [5.74, 6) is 0.711. The molecule has 0 unspecified atom stereocenters. The smallest absolute Gasteiger partial charge is 0.410 e. The number of benzene rings is 1. The minimum Gasteiger partial charge on any atom is -0.410 e. The van der Waals surface area contributed by atoms with Gasteiger partial charge in [-0.2, -0.15) is 0 Å². The molecule has 1 aliphatic rings. The van der Waals surface area contributed by atoms with E-state index in [-0.39, 0.29) is 6.09 Å². The molecule has 1 aromatic carbocycles. The molecule has 1 aromatic rings. The van der Waals surface area contributed by atoms with E-state index in [1.165, 1.54) is 5.56 Å². The van der Waals surface area contributed by atoms with Crippen molar-refractivity contribution in [3.8, 4) is 5.75 Å². The first kappa shape index (κ1) is 11.0. The lowest BCUT2D eigenvalue weighted by Gasteiger charge is -2.28. The number of aryl methyl sites for hydroxylation is 1. The van der Waals surface area contributed by atoms with Crippen LogP contribution in [0.4, 0.5) is 4.79 Å². The minimum atomic E-state index is -0.218. The van der Waals surface area contributed by atoms with Gasteiger partial charge in [-0.1, -0.05) is 31.0 Å². The monoisotopic (exact) mass is 219 g/mol. The molecule has 0 bridgehead atoms. The average molecular weight is 219 g/mol. The Morgan fingerprint density at radius 2 is 2.25 bits per heavy atom. The summed E-state index contributed by atoms with van der Waals surface area (Å²) < 4.78 is 5.28. The number of nitrogens with zero attached hydrogens (tertiary/aromatic N) is 1. The van der Waals surface area contributed by atoms with Gasteiger partial charge in [0.05, 0.1) is 6.54 Å². The molecule has 86 valence electrons. The van der Waals surface area contributed by atoms with Gasteiger partial charge >= 0.3 is 6.09 Å². The van der Waals surface area contributed by atoms with Gasteiger partial charge in [0.2, 0.25) is 0 Å². The average Bonchev–Trinajstić information content (AvgIpc) is 2.27. The van der Waals surface area contributed by atoms with Crippen molar-refractivity contribution in [2.45, 2.75) is 33.2 Å². The molecular formula is C13H17NO2. The van der Waals surface area contributed by atoms with Gasteiger partial charge in [0.25, 0.3) is 0 Å². The lowest BCUT2D eigenvalue weighted by molar-refractivity contribution is 0.137. The van der Waals surface area contributed by atoms with E-state index in [0.717, 1.165) is 24.9 Å². The van der Waals surface area contributed by atoms with Crippen LogP contribution in [-0.4, -0.2) is 17.5 Å². The Balaban J connectivity index is 2.16. The molecule has 0 N–H and O–H groups in total. The van der Waals surface area contributed by atoms with Crippen LogP contribution in [0, 0.1) is 6.92 Å². The van der Waals surface area contributed by atoms with Gasteiger partial charge < -0.3 is 9.64 Å². The summed E-state index contributed by atoms with van der Waals surface area (Å²) >= 11 is 0. The van der Waals surface area contributed by atoms with Crippen molar-refractivity contribution in [3.63, 3.8) is 0 Å². The number of amides is 1. The van der Waals surface area contributed by atoms with E-state index in [1.54, 1.807) is 4.90 Å². The first-order valence-electron chi connectivity index (χ1n) is 5.77. The first-order valence-corrected chi connectivity index (χ1v) is 5.77. The van der Waals surface area contributed by atoms with Gasteiger partial charge in [0.15, 0.2) is 0 Å². The molecule has 0 saturated carbocycles. The molecule has 1 amide bonds. The fourth-order valence-electron chi connectivity index (χ4n) is 1.88. The zero-order valence-corrected chi connectivity index (χ0v) is 9.82. The number of carbonyl (C=O) groups is 1. The zero-order valence-electron chi connectivity index (χ0n) is 9.82. The van der Waals surface area contributed by atoms with E-state index in [0.29, 0.717) is 12.3 Å². The zero-order chi connectivity index (χ0) is 11.5. The summed E-state index contributed by atoms with van der Waals surface area (Å²) in [6, 6.07) is 5.92. The van der Waals surface area contributed by atoms with E-state index in [4.69, 9.17) is 4.74 Å². The van der Waals surface area contributed by atoms with Crippen LogP contribution in [0.3, 0.4) is 0 Å². The third-order valence-corrected chi connectivity index (χ3v) is 2.81. The molecule has 0 saturated heterocycles. The quantitative estimate of drug-likeness (QED) is 0.781. The highest BCUT2D eigenvalue weighted by molar-refractivity contribution is 5.73. The van der Waals surface area contributed by atoms with E-state index < -0.39 is 0 Å². The summed E-state index contributed by atoms with van der Waals surface area (Å²) in [7, 11) is 0. The highest BCUT2D eigenvalue weighted by Crippen LogP contribution is 2.26. The number of hydrogen-bond donors (Lipinski definition) is 0. The van der Waals surface area contributed by atoms with Gasteiger partial charge in [-0.3, -0.25) is 0 Å². The van der Waals surface area contributed by atoms with Crippen molar-refractivity contribution < 1.29 is 9.53 Å². The van der Waals surface area contributed by atoms with Crippen molar-refractivity contribution in [1.82, 2.24) is 4.90 Å². The Labute approximate surface area is 96.0 Å². The molecule has 0 aliphatic carbocycles. The van der Waals surface area contributed by atoms with Crippen molar-refractivity contribution in [1.29, 1.82) is 0 Å². The molecule has 3 heteroatoms. The van der Waals surface area contributed by atoms with Crippen molar-refractivity contribution in [3.05, 3.63) is 29.3 Å². The van der Waals surface area contributed by atoms with Crippen LogP contribution in [0.2, 0.25) is 0 Å². The number of ether oxygens (including phenoxy) is 1. The van der Waals surface area contributed by atoms with Gasteiger partial charge in [-0.05, 0) is 19.4 Å². The molecule has 1 aliphatic heterocycles. The molecule has 0 spiro atoms. The van der Waals surface area contributed by atoms with Crippen LogP contribution in [0.25, 0.3) is 0 Å². The summed E-state index contributed by atoms with van der Waals surface area (Å²) in [4.78, 5) is 13.4. The Kier molecular flexibility index (Phi) is 3.13. The van der Waals surface area contributed by atoms with Crippen LogP contribution in [-0.2, 0) is 6.54 Å². The second-order valence-electron chi connectivity index (χ2n) is 4.25. The normalized spacial score (nSPS) is 14.6. The Hall–Kier alpha value is -1.51. The van der Waals surface area contributed by atoms with Crippen molar-refractivity contribution in [2.24, 2.45) is 0 Å².